The van der Waals surface area contributed by atoms with Gasteiger partial charge in [-0.15, -0.1) is 12.4 Å². The fourth-order valence-electron chi connectivity index (χ4n) is 1.63. The molecule has 1 aromatic heterocycles. The molecule has 16 heavy (non-hydrogen) atoms. The molecule has 0 radical (unpaired) electrons. The Morgan fingerprint density at radius 3 is 3.06 bits per heavy atom. The van der Waals surface area contributed by atoms with Gasteiger partial charge in [-0.2, -0.15) is 5.10 Å². The van der Waals surface area contributed by atoms with Crippen LogP contribution in [0.1, 0.15) is 6.42 Å². The summed E-state index contributed by atoms with van der Waals surface area (Å²) in [4.78, 5) is 11.7. The number of amides is 1. The molecule has 2 rings (SSSR count). The Bertz CT molecular complexity index is 330. The fraction of sp³-hybridized carbons (Fsp3) is 0.556. The largest absolute Gasteiger partial charge is 0.380 e. The van der Waals surface area contributed by atoms with E-state index < -0.39 is 0 Å². The van der Waals surface area contributed by atoms with E-state index in [1.807, 2.05) is 0 Å². The summed E-state index contributed by atoms with van der Waals surface area (Å²) in [7, 11) is 1.66. The number of hydrogen-bond acceptors (Lipinski definition) is 4. The summed E-state index contributed by atoms with van der Waals surface area (Å²) >= 11 is 0. The third kappa shape index (κ3) is 2.94. The first-order valence-electron chi connectivity index (χ1n) is 4.85. The highest BCUT2D eigenvalue weighted by molar-refractivity contribution is 5.94. The summed E-state index contributed by atoms with van der Waals surface area (Å²) in [6, 6.07) is -0.176. The van der Waals surface area contributed by atoms with E-state index in [9.17, 15) is 4.79 Å². The average Bonchev–Trinajstić information content (AvgIpc) is 2.86. The van der Waals surface area contributed by atoms with Crippen molar-refractivity contribution in [1.82, 2.24) is 15.5 Å². The number of halogens is 1. The van der Waals surface area contributed by atoms with E-state index in [0.717, 1.165) is 6.54 Å². The number of nitrogens with zero attached hydrogens (tertiary/aromatic N) is 1. The molecule has 7 heteroatoms. The number of nitrogens with one attached hydrogen (secondary N) is 3. The Balaban J connectivity index is 0.00000128. The molecule has 6 nitrogen and oxygen atoms in total. The van der Waals surface area contributed by atoms with Crippen LogP contribution in [-0.4, -0.2) is 41.9 Å². The Hall–Kier alpha value is -1.11. The van der Waals surface area contributed by atoms with Crippen molar-refractivity contribution >= 4 is 24.0 Å². The third-order valence-electron chi connectivity index (χ3n) is 2.51. The van der Waals surface area contributed by atoms with Gasteiger partial charge in [-0.05, 0) is 6.42 Å². The topological polar surface area (TPSA) is 79.0 Å². The molecule has 2 atom stereocenters. The van der Waals surface area contributed by atoms with Gasteiger partial charge in [0.1, 0.15) is 0 Å². The van der Waals surface area contributed by atoms with Crippen LogP contribution >= 0.6 is 12.4 Å². The molecule has 2 heterocycles. The zero-order chi connectivity index (χ0) is 10.7. The Kier molecular flexibility index (Phi) is 4.72. The van der Waals surface area contributed by atoms with E-state index in [2.05, 4.69) is 20.8 Å². The molecule has 1 aliphatic rings. The van der Waals surface area contributed by atoms with Crippen LogP contribution in [0.5, 0.6) is 0 Å². The van der Waals surface area contributed by atoms with Gasteiger partial charge in [-0.1, -0.05) is 0 Å². The van der Waals surface area contributed by atoms with Gasteiger partial charge in [0, 0.05) is 19.9 Å². The predicted molar refractivity (Wildman–Crippen MR) is 61.7 cm³/mol. The van der Waals surface area contributed by atoms with Crippen molar-refractivity contribution in [3.8, 4) is 0 Å². The van der Waals surface area contributed by atoms with Crippen LogP contribution in [0.2, 0.25) is 0 Å². The minimum absolute atomic E-state index is 0. The van der Waals surface area contributed by atoms with Gasteiger partial charge < -0.3 is 15.4 Å². The molecule has 0 unspecified atom stereocenters. The Morgan fingerprint density at radius 1 is 1.69 bits per heavy atom. The second-order valence-electron chi connectivity index (χ2n) is 3.53. The summed E-state index contributed by atoms with van der Waals surface area (Å²) in [5, 5.41) is 12.2. The van der Waals surface area contributed by atoms with Crippen molar-refractivity contribution in [2.45, 2.75) is 18.6 Å². The number of carbonyl (C=O) groups excluding carboxylic acids is 1. The molecule has 0 saturated carbocycles. The van der Waals surface area contributed by atoms with E-state index in [0.29, 0.717) is 12.1 Å². The molecule has 0 aromatic carbocycles. The molecule has 1 amide bonds. The molecule has 0 spiro atoms. The maximum atomic E-state index is 11.7. The van der Waals surface area contributed by atoms with Crippen molar-refractivity contribution in [2.24, 2.45) is 0 Å². The number of methoxy groups -OCH3 is 1. The van der Waals surface area contributed by atoms with Crippen molar-refractivity contribution in [2.75, 3.05) is 19.0 Å². The molecule has 90 valence electrons. The quantitative estimate of drug-likeness (QED) is 0.709. The summed E-state index contributed by atoms with van der Waals surface area (Å²) < 4.78 is 5.17. The highest BCUT2D eigenvalue weighted by Crippen LogP contribution is 2.11. The molecular formula is C9H15ClN4O2. The Morgan fingerprint density at radius 2 is 2.50 bits per heavy atom. The zero-order valence-electron chi connectivity index (χ0n) is 8.90. The van der Waals surface area contributed by atoms with Gasteiger partial charge in [0.15, 0.2) is 0 Å². The lowest BCUT2D eigenvalue weighted by atomic mass is 10.2. The SMILES string of the molecule is CO[C@@H]1CN[C@H](C(=O)Nc2cn[nH]c2)C1.Cl. The van der Waals surface area contributed by atoms with Crippen LogP contribution < -0.4 is 10.6 Å². The second-order valence-corrected chi connectivity index (χ2v) is 3.53. The average molecular weight is 247 g/mol. The molecule has 1 fully saturated rings. The van der Waals surface area contributed by atoms with Crippen LogP contribution in [0.4, 0.5) is 5.69 Å². The van der Waals surface area contributed by atoms with Crippen LogP contribution in [0, 0.1) is 0 Å². The lowest BCUT2D eigenvalue weighted by molar-refractivity contribution is -0.118. The predicted octanol–water partition coefficient (Wildman–Crippen LogP) is 0.147. The summed E-state index contributed by atoms with van der Waals surface area (Å²) in [6.07, 6.45) is 4.05. The number of ether oxygens (including phenoxy) is 1. The fourth-order valence-corrected chi connectivity index (χ4v) is 1.63. The van der Waals surface area contributed by atoms with Crippen LogP contribution in [0.15, 0.2) is 12.4 Å². The third-order valence-corrected chi connectivity index (χ3v) is 2.51. The molecule has 0 bridgehead atoms. The molecule has 3 N–H and O–H groups in total. The highest BCUT2D eigenvalue weighted by Gasteiger charge is 2.29. The first-order valence-corrected chi connectivity index (χ1v) is 4.85. The molecule has 1 aromatic rings. The zero-order valence-corrected chi connectivity index (χ0v) is 9.71. The number of rotatable bonds is 3. The summed E-state index contributed by atoms with van der Waals surface area (Å²) in [5.41, 5.74) is 0.683. The molecule has 1 saturated heterocycles. The second kappa shape index (κ2) is 5.83. The lowest BCUT2D eigenvalue weighted by Gasteiger charge is -2.09. The van der Waals surface area contributed by atoms with Crippen molar-refractivity contribution in [1.29, 1.82) is 0 Å². The highest BCUT2D eigenvalue weighted by atomic mass is 35.5. The van der Waals surface area contributed by atoms with Crippen molar-refractivity contribution in [3.05, 3.63) is 12.4 Å². The van der Waals surface area contributed by atoms with Gasteiger partial charge in [0.05, 0.1) is 24.0 Å². The van der Waals surface area contributed by atoms with Gasteiger partial charge in [-0.25, -0.2) is 0 Å². The first kappa shape index (κ1) is 13.0. The maximum absolute atomic E-state index is 11.7. The summed E-state index contributed by atoms with van der Waals surface area (Å²) in [6.45, 7) is 0.722. The normalized spacial score (nSPS) is 23.8. The lowest BCUT2D eigenvalue weighted by Crippen LogP contribution is -2.35. The minimum Gasteiger partial charge on any atom is -0.380 e. The van der Waals surface area contributed by atoms with E-state index in [4.69, 9.17) is 4.74 Å². The van der Waals surface area contributed by atoms with Crippen molar-refractivity contribution in [3.63, 3.8) is 0 Å². The van der Waals surface area contributed by atoms with Gasteiger partial charge in [0.2, 0.25) is 5.91 Å². The van der Waals surface area contributed by atoms with E-state index in [1.54, 1.807) is 19.5 Å². The standard InChI is InChI=1S/C9H14N4O2.ClH/c1-15-7-2-8(10-5-7)9(14)13-6-3-11-12-4-6;/h3-4,7-8,10H,2,5H2,1H3,(H,11,12)(H,13,14);1H/t7-,8-;/m0./s1. The van der Waals surface area contributed by atoms with E-state index in [-0.39, 0.29) is 30.5 Å². The molecular weight excluding hydrogens is 232 g/mol. The monoisotopic (exact) mass is 246 g/mol. The molecule has 0 aliphatic carbocycles. The van der Waals surface area contributed by atoms with Crippen LogP contribution in [0.25, 0.3) is 0 Å². The van der Waals surface area contributed by atoms with Gasteiger partial charge >= 0.3 is 0 Å². The first-order chi connectivity index (χ1) is 7.29. The van der Waals surface area contributed by atoms with Crippen molar-refractivity contribution < 1.29 is 9.53 Å². The Labute approximate surface area is 99.5 Å². The minimum atomic E-state index is -0.176. The number of H-pyrrole nitrogens is 1. The van der Waals surface area contributed by atoms with Crippen LogP contribution in [-0.2, 0) is 9.53 Å². The number of carbonyl (C=O) groups is 1. The van der Waals surface area contributed by atoms with Crippen LogP contribution in [0.3, 0.4) is 0 Å². The number of anilines is 1. The van der Waals surface area contributed by atoms with E-state index >= 15 is 0 Å². The van der Waals surface area contributed by atoms with Gasteiger partial charge in [0.25, 0.3) is 0 Å². The number of aromatic nitrogens is 2. The number of hydrogen-bond donors (Lipinski definition) is 3. The maximum Gasteiger partial charge on any atom is 0.241 e. The number of aromatic amines is 1. The molecule has 1 aliphatic heterocycles. The smallest absolute Gasteiger partial charge is 0.241 e. The summed E-state index contributed by atoms with van der Waals surface area (Å²) in [5.74, 6) is -0.0454. The van der Waals surface area contributed by atoms with E-state index in [1.165, 1.54) is 0 Å². The van der Waals surface area contributed by atoms with Gasteiger partial charge in [-0.3, -0.25) is 9.89 Å².